The van der Waals surface area contributed by atoms with Gasteiger partial charge in [0.15, 0.2) is 0 Å². The van der Waals surface area contributed by atoms with Crippen LogP contribution in [0.5, 0.6) is 5.75 Å². The molecule has 1 fully saturated rings. The summed E-state index contributed by atoms with van der Waals surface area (Å²) in [4.78, 5) is 25.7. The second kappa shape index (κ2) is 9.90. The SMILES string of the molecule is COC(=O)c1cc2c(cc1F)OCc1ccc(Cl)cc1CCCCN2C[C@@H]1CC[C@H]1C=O. The van der Waals surface area contributed by atoms with Crippen LogP contribution >= 0.6 is 11.6 Å². The number of rotatable bonds is 4. The number of ether oxygens (including phenoxy) is 2. The summed E-state index contributed by atoms with van der Waals surface area (Å²) >= 11 is 6.20. The quantitative estimate of drug-likeness (QED) is 0.464. The number of carbonyl (C=O) groups is 2. The maximum atomic E-state index is 14.8. The molecule has 0 radical (unpaired) electrons. The van der Waals surface area contributed by atoms with Crippen LogP contribution in [0.1, 0.15) is 47.2 Å². The molecule has 0 spiro atoms. The van der Waals surface area contributed by atoms with Gasteiger partial charge in [-0.1, -0.05) is 17.7 Å². The minimum absolute atomic E-state index is 0.0458. The van der Waals surface area contributed by atoms with E-state index in [0.717, 1.165) is 49.5 Å². The van der Waals surface area contributed by atoms with Crippen molar-refractivity contribution in [1.29, 1.82) is 0 Å². The van der Waals surface area contributed by atoms with Gasteiger partial charge < -0.3 is 19.2 Å². The van der Waals surface area contributed by atoms with E-state index in [0.29, 0.717) is 29.5 Å². The summed E-state index contributed by atoms with van der Waals surface area (Å²) in [5, 5.41) is 0.680. The van der Waals surface area contributed by atoms with Crippen LogP contribution < -0.4 is 9.64 Å². The lowest BCUT2D eigenvalue weighted by atomic mass is 9.74. The lowest BCUT2D eigenvalue weighted by molar-refractivity contribution is -0.115. The minimum atomic E-state index is -0.728. The van der Waals surface area contributed by atoms with Crippen molar-refractivity contribution < 1.29 is 23.5 Å². The second-order valence-corrected chi connectivity index (χ2v) is 8.97. The smallest absolute Gasteiger partial charge is 0.340 e. The molecule has 0 saturated heterocycles. The first-order valence-electron chi connectivity index (χ1n) is 11.0. The molecule has 1 aliphatic heterocycles. The van der Waals surface area contributed by atoms with Gasteiger partial charge in [-0.3, -0.25) is 0 Å². The van der Waals surface area contributed by atoms with Crippen LogP contribution in [0.4, 0.5) is 10.1 Å². The molecule has 2 atom stereocenters. The summed E-state index contributed by atoms with van der Waals surface area (Å²) < 4.78 is 25.7. The molecule has 1 saturated carbocycles. The zero-order chi connectivity index (χ0) is 22.7. The van der Waals surface area contributed by atoms with E-state index in [1.807, 2.05) is 18.2 Å². The van der Waals surface area contributed by atoms with Gasteiger partial charge in [0.25, 0.3) is 0 Å². The monoisotopic (exact) mass is 459 g/mol. The topological polar surface area (TPSA) is 55.8 Å². The Morgan fingerprint density at radius 3 is 2.81 bits per heavy atom. The highest BCUT2D eigenvalue weighted by Crippen LogP contribution is 2.38. The highest BCUT2D eigenvalue weighted by Gasteiger charge is 2.33. The Morgan fingerprint density at radius 1 is 1.25 bits per heavy atom. The molecule has 2 aromatic rings. The predicted molar refractivity (Wildman–Crippen MR) is 121 cm³/mol. The molecule has 1 heterocycles. The molecule has 0 amide bonds. The standard InChI is InChI=1S/C25H27ClFNO4/c1-31-25(30)21-11-23-24(12-22(21)27)32-15-19-7-8-20(26)10-16(19)4-2-3-9-28(23)13-17-5-6-18(17)14-29/h7-8,10-12,14,17-18H,2-6,9,13,15H2,1H3/t17-,18-/m0/s1. The van der Waals surface area contributed by atoms with E-state index in [4.69, 9.17) is 21.1 Å². The molecular weight excluding hydrogens is 433 g/mol. The van der Waals surface area contributed by atoms with Crippen molar-refractivity contribution in [2.45, 2.75) is 38.7 Å². The number of methoxy groups -OCH3 is 1. The number of esters is 1. The zero-order valence-corrected chi connectivity index (χ0v) is 18.9. The van der Waals surface area contributed by atoms with Gasteiger partial charge in [0, 0.05) is 30.1 Å². The lowest BCUT2D eigenvalue weighted by Crippen LogP contribution is -2.39. The van der Waals surface area contributed by atoms with Gasteiger partial charge in [-0.05, 0) is 67.3 Å². The number of halogens is 2. The second-order valence-electron chi connectivity index (χ2n) is 8.53. The van der Waals surface area contributed by atoms with Crippen molar-refractivity contribution >= 4 is 29.5 Å². The van der Waals surface area contributed by atoms with Gasteiger partial charge in [-0.15, -0.1) is 0 Å². The summed E-state index contributed by atoms with van der Waals surface area (Å²) in [5.41, 5.74) is 2.66. The van der Waals surface area contributed by atoms with E-state index in [9.17, 15) is 14.0 Å². The first kappa shape index (κ1) is 22.6. The third-order valence-corrected chi connectivity index (χ3v) is 6.81. The highest BCUT2D eigenvalue weighted by atomic mass is 35.5. The van der Waals surface area contributed by atoms with E-state index >= 15 is 0 Å². The summed E-state index contributed by atoms with van der Waals surface area (Å²) in [6.45, 7) is 1.64. The molecule has 1 aliphatic carbocycles. The van der Waals surface area contributed by atoms with Crippen LogP contribution in [0.25, 0.3) is 0 Å². The van der Waals surface area contributed by atoms with Crippen molar-refractivity contribution in [3.63, 3.8) is 0 Å². The molecule has 0 aromatic heterocycles. The van der Waals surface area contributed by atoms with Gasteiger partial charge in [-0.2, -0.15) is 0 Å². The van der Waals surface area contributed by atoms with Crippen LogP contribution in [-0.2, 0) is 22.6 Å². The first-order chi connectivity index (χ1) is 15.5. The van der Waals surface area contributed by atoms with E-state index in [2.05, 4.69) is 4.90 Å². The Hall–Kier alpha value is -2.60. The van der Waals surface area contributed by atoms with Gasteiger partial charge in [-0.25, -0.2) is 9.18 Å². The molecular formula is C25H27ClFNO4. The Labute approximate surface area is 192 Å². The number of aldehydes is 1. The number of aryl methyl sites for hydroxylation is 1. The number of hydrogen-bond donors (Lipinski definition) is 0. The van der Waals surface area contributed by atoms with E-state index < -0.39 is 11.8 Å². The number of nitrogens with zero attached hydrogens (tertiary/aromatic N) is 1. The number of carbonyl (C=O) groups excluding carboxylic acids is 2. The van der Waals surface area contributed by atoms with Crippen molar-refractivity contribution in [2.24, 2.45) is 11.8 Å². The molecule has 2 aliphatic rings. The Bertz CT molecular complexity index is 1010. The first-order valence-corrected chi connectivity index (χ1v) is 11.4. The van der Waals surface area contributed by atoms with Crippen molar-refractivity contribution in [3.8, 4) is 5.75 Å². The molecule has 0 bridgehead atoms. The van der Waals surface area contributed by atoms with Gasteiger partial charge in [0.1, 0.15) is 24.5 Å². The molecule has 170 valence electrons. The molecule has 2 aromatic carbocycles. The van der Waals surface area contributed by atoms with Crippen LogP contribution in [0, 0.1) is 17.7 Å². The Morgan fingerprint density at radius 2 is 2.09 bits per heavy atom. The fraction of sp³-hybridized carbons (Fsp3) is 0.440. The fourth-order valence-corrected chi connectivity index (χ4v) is 4.70. The number of anilines is 1. The van der Waals surface area contributed by atoms with Crippen molar-refractivity contribution in [3.05, 3.63) is 57.9 Å². The Balaban J connectivity index is 1.72. The lowest BCUT2D eigenvalue weighted by Gasteiger charge is -2.38. The molecule has 4 rings (SSSR count). The van der Waals surface area contributed by atoms with E-state index in [1.54, 1.807) is 0 Å². The predicted octanol–water partition coefficient (Wildman–Crippen LogP) is 5.21. The molecule has 5 nitrogen and oxygen atoms in total. The van der Waals surface area contributed by atoms with Crippen LogP contribution in [0.15, 0.2) is 30.3 Å². The van der Waals surface area contributed by atoms with Gasteiger partial charge >= 0.3 is 5.97 Å². The average molecular weight is 460 g/mol. The zero-order valence-electron chi connectivity index (χ0n) is 18.1. The highest BCUT2D eigenvalue weighted by molar-refractivity contribution is 6.30. The number of hydrogen-bond acceptors (Lipinski definition) is 5. The maximum Gasteiger partial charge on any atom is 0.340 e. The van der Waals surface area contributed by atoms with Crippen LogP contribution in [-0.4, -0.2) is 32.5 Å². The summed E-state index contributed by atoms with van der Waals surface area (Å²) in [7, 11) is 1.23. The normalized spacial score (nSPS) is 20.7. The minimum Gasteiger partial charge on any atom is -0.487 e. The van der Waals surface area contributed by atoms with E-state index in [1.165, 1.54) is 19.2 Å². The molecule has 0 unspecified atom stereocenters. The third kappa shape index (κ3) is 4.75. The Kier molecular flexibility index (Phi) is 6.99. The van der Waals surface area contributed by atoms with Crippen molar-refractivity contribution in [1.82, 2.24) is 0 Å². The largest absolute Gasteiger partial charge is 0.487 e. The number of fused-ring (bicyclic) bond motifs is 2. The summed E-state index contributed by atoms with van der Waals surface area (Å²) in [6, 6.07) is 8.51. The van der Waals surface area contributed by atoms with Crippen LogP contribution in [0.3, 0.4) is 0 Å². The third-order valence-electron chi connectivity index (χ3n) is 6.58. The molecule has 32 heavy (non-hydrogen) atoms. The van der Waals surface area contributed by atoms with Crippen molar-refractivity contribution in [2.75, 3.05) is 25.1 Å². The number of benzene rings is 2. The maximum absolute atomic E-state index is 14.8. The van der Waals surface area contributed by atoms with E-state index in [-0.39, 0.29) is 24.0 Å². The fourth-order valence-electron chi connectivity index (χ4n) is 4.51. The molecule has 7 heteroatoms. The van der Waals surface area contributed by atoms with Gasteiger partial charge in [0.2, 0.25) is 0 Å². The molecule has 0 N–H and O–H groups in total. The summed E-state index contributed by atoms with van der Waals surface area (Å²) in [6.07, 6.45) is 5.62. The van der Waals surface area contributed by atoms with Gasteiger partial charge in [0.05, 0.1) is 18.4 Å². The average Bonchev–Trinajstić information content (AvgIpc) is 2.79. The summed E-state index contributed by atoms with van der Waals surface area (Å²) in [5.74, 6) is -0.748. The van der Waals surface area contributed by atoms with Crippen LogP contribution in [0.2, 0.25) is 5.02 Å².